The fourth-order valence-electron chi connectivity index (χ4n) is 4.17. The van der Waals surface area contributed by atoms with E-state index in [1.54, 1.807) is 0 Å². The van der Waals surface area contributed by atoms with E-state index in [0.29, 0.717) is 12.6 Å². The lowest BCUT2D eigenvalue weighted by Crippen LogP contribution is -2.56. The summed E-state index contributed by atoms with van der Waals surface area (Å²) in [5.41, 5.74) is 1.44. The van der Waals surface area contributed by atoms with Crippen LogP contribution in [0.3, 0.4) is 0 Å². The fourth-order valence-corrected chi connectivity index (χ4v) is 4.17. The Bertz CT molecular complexity index is 543. The summed E-state index contributed by atoms with van der Waals surface area (Å²) in [7, 11) is 0. The van der Waals surface area contributed by atoms with Gasteiger partial charge in [0, 0.05) is 38.8 Å². The summed E-state index contributed by atoms with van der Waals surface area (Å²) in [4.78, 5) is 18.9. The van der Waals surface area contributed by atoms with Crippen LogP contribution in [0.1, 0.15) is 31.7 Å². The third-order valence-electron chi connectivity index (χ3n) is 5.62. The number of likely N-dealkylation sites (tertiary alicyclic amines) is 1. The maximum atomic E-state index is 11.8. The lowest BCUT2D eigenvalue weighted by molar-refractivity contribution is 0.0426. The van der Waals surface area contributed by atoms with Gasteiger partial charge in [-0.25, -0.2) is 4.79 Å². The Morgan fingerprint density at radius 1 is 1.12 bits per heavy atom. The smallest absolute Gasteiger partial charge is 0.409 e. The zero-order valence-electron chi connectivity index (χ0n) is 16.1. The number of nitrogens with zero attached hydrogens (tertiary/aromatic N) is 3. The molecule has 2 fully saturated rings. The molecule has 0 spiro atoms. The predicted octanol–water partition coefficient (Wildman–Crippen LogP) is 2.86. The van der Waals surface area contributed by atoms with Gasteiger partial charge in [-0.3, -0.25) is 4.90 Å². The van der Waals surface area contributed by atoms with Crippen molar-refractivity contribution >= 4 is 6.09 Å². The van der Waals surface area contributed by atoms with Gasteiger partial charge in [-0.1, -0.05) is 30.3 Å². The summed E-state index contributed by atoms with van der Waals surface area (Å²) in [5.74, 6) is 0. The zero-order valence-corrected chi connectivity index (χ0v) is 16.1. The van der Waals surface area contributed by atoms with Crippen LogP contribution in [-0.2, 0) is 11.2 Å². The minimum Gasteiger partial charge on any atom is -0.450 e. The third kappa shape index (κ3) is 5.45. The molecule has 1 aromatic rings. The largest absolute Gasteiger partial charge is 0.450 e. The molecule has 2 aliphatic rings. The number of rotatable bonds is 6. The monoisotopic (exact) mass is 359 g/mol. The number of piperidine rings is 1. The van der Waals surface area contributed by atoms with Gasteiger partial charge in [-0.15, -0.1) is 0 Å². The molecular formula is C21H33N3O2. The van der Waals surface area contributed by atoms with E-state index in [9.17, 15) is 4.79 Å². The predicted molar refractivity (Wildman–Crippen MR) is 104 cm³/mol. The summed E-state index contributed by atoms with van der Waals surface area (Å²) < 4.78 is 5.12. The molecular weight excluding hydrogens is 326 g/mol. The Kier molecular flexibility index (Phi) is 7.32. The molecule has 2 heterocycles. The second-order valence-electron chi connectivity index (χ2n) is 7.41. The highest BCUT2D eigenvalue weighted by Gasteiger charge is 2.29. The first-order valence-corrected chi connectivity index (χ1v) is 10.2. The second kappa shape index (κ2) is 9.93. The van der Waals surface area contributed by atoms with Crippen molar-refractivity contribution in [1.29, 1.82) is 0 Å². The molecule has 0 saturated carbocycles. The minimum absolute atomic E-state index is 0.154. The average Bonchev–Trinajstić information content (AvgIpc) is 2.69. The first-order chi connectivity index (χ1) is 12.8. The van der Waals surface area contributed by atoms with Crippen molar-refractivity contribution in [3.8, 4) is 0 Å². The van der Waals surface area contributed by atoms with Gasteiger partial charge in [-0.2, -0.15) is 0 Å². The van der Waals surface area contributed by atoms with Gasteiger partial charge in [0.25, 0.3) is 0 Å². The Hall–Kier alpha value is -1.59. The van der Waals surface area contributed by atoms with Gasteiger partial charge in [-0.05, 0) is 51.3 Å². The van der Waals surface area contributed by atoms with E-state index < -0.39 is 0 Å². The second-order valence-corrected chi connectivity index (χ2v) is 7.41. The van der Waals surface area contributed by atoms with E-state index in [4.69, 9.17) is 4.74 Å². The standard InChI is InChI=1S/C21H33N3O2/c1-2-26-21(25)24-16-14-23(15-17-24)20-11-7-13-22(18-20)12-6-10-19-8-4-3-5-9-19/h3-5,8-9,20H,2,6-7,10-18H2,1H3. The summed E-state index contributed by atoms with van der Waals surface area (Å²) in [6.45, 7) is 9.45. The van der Waals surface area contributed by atoms with Gasteiger partial charge in [0.15, 0.2) is 0 Å². The molecule has 144 valence electrons. The number of carbonyl (C=O) groups excluding carboxylic acids is 1. The molecule has 2 saturated heterocycles. The third-order valence-corrected chi connectivity index (χ3v) is 5.62. The Balaban J connectivity index is 1.39. The molecule has 5 heteroatoms. The number of hydrogen-bond donors (Lipinski definition) is 0. The van der Waals surface area contributed by atoms with Crippen molar-refractivity contribution in [2.24, 2.45) is 0 Å². The molecule has 1 amide bonds. The van der Waals surface area contributed by atoms with Crippen molar-refractivity contribution in [3.63, 3.8) is 0 Å². The number of ether oxygens (including phenoxy) is 1. The van der Waals surface area contributed by atoms with E-state index in [1.165, 1.54) is 50.9 Å². The molecule has 26 heavy (non-hydrogen) atoms. The highest BCUT2D eigenvalue weighted by Crippen LogP contribution is 2.18. The van der Waals surface area contributed by atoms with E-state index in [1.807, 2.05) is 11.8 Å². The van der Waals surface area contributed by atoms with Gasteiger partial charge in [0.1, 0.15) is 0 Å². The van der Waals surface area contributed by atoms with Crippen molar-refractivity contribution in [1.82, 2.24) is 14.7 Å². The molecule has 0 N–H and O–H groups in total. The highest BCUT2D eigenvalue weighted by molar-refractivity contribution is 5.67. The van der Waals surface area contributed by atoms with Crippen LogP contribution in [0.25, 0.3) is 0 Å². The minimum atomic E-state index is -0.154. The van der Waals surface area contributed by atoms with E-state index in [-0.39, 0.29) is 6.09 Å². The van der Waals surface area contributed by atoms with Crippen LogP contribution in [0.5, 0.6) is 0 Å². The van der Waals surface area contributed by atoms with E-state index >= 15 is 0 Å². The lowest BCUT2D eigenvalue weighted by atomic mass is 10.0. The van der Waals surface area contributed by atoms with Gasteiger partial charge in [0.05, 0.1) is 6.61 Å². The van der Waals surface area contributed by atoms with Crippen LogP contribution in [0.15, 0.2) is 30.3 Å². The van der Waals surface area contributed by atoms with Crippen LogP contribution < -0.4 is 0 Å². The molecule has 0 bridgehead atoms. The van der Waals surface area contributed by atoms with Crippen molar-refractivity contribution in [3.05, 3.63) is 35.9 Å². The molecule has 0 radical (unpaired) electrons. The molecule has 1 aromatic carbocycles. The maximum absolute atomic E-state index is 11.8. The van der Waals surface area contributed by atoms with Gasteiger partial charge >= 0.3 is 6.09 Å². The zero-order chi connectivity index (χ0) is 18.2. The highest BCUT2D eigenvalue weighted by atomic mass is 16.6. The number of amides is 1. The van der Waals surface area contributed by atoms with Gasteiger partial charge in [0.2, 0.25) is 0 Å². The van der Waals surface area contributed by atoms with Crippen LogP contribution in [0, 0.1) is 0 Å². The lowest BCUT2D eigenvalue weighted by Gasteiger charge is -2.43. The van der Waals surface area contributed by atoms with E-state index in [2.05, 4.69) is 40.1 Å². The Labute approximate surface area is 157 Å². The van der Waals surface area contributed by atoms with Crippen molar-refractivity contribution in [2.45, 2.75) is 38.6 Å². The van der Waals surface area contributed by atoms with Gasteiger partial charge < -0.3 is 14.5 Å². The summed E-state index contributed by atoms with van der Waals surface area (Å²) in [6.07, 6.45) is 4.81. The maximum Gasteiger partial charge on any atom is 0.409 e. The summed E-state index contributed by atoms with van der Waals surface area (Å²) in [6, 6.07) is 11.4. The fraction of sp³-hybridized carbons (Fsp3) is 0.667. The number of benzene rings is 1. The van der Waals surface area contributed by atoms with Crippen molar-refractivity contribution in [2.75, 3.05) is 52.4 Å². The molecule has 1 unspecified atom stereocenters. The van der Waals surface area contributed by atoms with Crippen LogP contribution >= 0.6 is 0 Å². The number of carbonyl (C=O) groups is 1. The molecule has 2 aliphatic heterocycles. The normalized spacial score (nSPS) is 22.3. The SMILES string of the molecule is CCOC(=O)N1CCN(C2CCCN(CCCc3ccccc3)C2)CC1. The topological polar surface area (TPSA) is 36.0 Å². The van der Waals surface area contributed by atoms with Crippen LogP contribution in [0.2, 0.25) is 0 Å². The molecule has 3 rings (SSSR count). The first kappa shape index (κ1) is 19.2. The average molecular weight is 360 g/mol. The number of hydrogen-bond acceptors (Lipinski definition) is 4. The first-order valence-electron chi connectivity index (χ1n) is 10.2. The quantitative estimate of drug-likeness (QED) is 0.782. The van der Waals surface area contributed by atoms with E-state index in [0.717, 1.165) is 26.2 Å². The summed E-state index contributed by atoms with van der Waals surface area (Å²) in [5, 5.41) is 0. The number of piperazine rings is 1. The summed E-state index contributed by atoms with van der Waals surface area (Å²) >= 11 is 0. The Morgan fingerprint density at radius 2 is 1.88 bits per heavy atom. The molecule has 0 aromatic heterocycles. The van der Waals surface area contributed by atoms with Crippen LogP contribution in [0.4, 0.5) is 4.79 Å². The molecule has 5 nitrogen and oxygen atoms in total. The van der Waals surface area contributed by atoms with Crippen LogP contribution in [-0.4, -0.2) is 79.3 Å². The Morgan fingerprint density at radius 3 is 2.62 bits per heavy atom. The molecule has 0 aliphatic carbocycles. The molecule has 1 atom stereocenters. The van der Waals surface area contributed by atoms with Crippen molar-refractivity contribution < 1.29 is 9.53 Å². The number of aryl methyl sites for hydroxylation is 1.